The monoisotopic (exact) mass is 360 g/mol. The van der Waals surface area contributed by atoms with Crippen LogP contribution < -0.4 is 4.90 Å². The van der Waals surface area contributed by atoms with Gasteiger partial charge in [0.15, 0.2) is 10.9 Å². The van der Waals surface area contributed by atoms with Crippen molar-refractivity contribution in [1.82, 2.24) is 14.9 Å². The molecule has 0 amide bonds. The molecule has 0 atom stereocenters. The van der Waals surface area contributed by atoms with E-state index in [1.54, 1.807) is 17.5 Å². The first-order valence-corrected chi connectivity index (χ1v) is 9.11. The Morgan fingerprint density at radius 2 is 2.04 bits per heavy atom. The van der Waals surface area contributed by atoms with Gasteiger partial charge in [0.2, 0.25) is 5.89 Å². The third-order valence-electron chi connectivity index (χ3n) is 4.08. The zero-order valence-corrected chi connectivity index (χ0v) is 14.6. The highest BCUT2D eigenvalue weighted by molar-refractivity contribution is 7.13. The molecule has 7 heteroatoms. The topological polar surface area (TPSA) is 45.4 Å². The summed E-state index contributed by atoms with van der Waals surface area (Å²) in [4.78, 5) is 13.5. The van der Waals surface area contributed by atoms with Gasteiger partial charge in [-0.05, 0) is 12.1 Å². The number of oxazole rings is 1. The van der Waals surface area contributed by atoms with Gasteiger partial charge in [0, 0.05) is 48.3 Å². The molecule has 5 nitrogen and oxygen atoms in total. The predicted molar refractivity (Wildman–Crippen MR) is 96.6 cm³/mol. The van der Waals surface area contributed by atoms with E-state index in [1.165, 1.54) is 0 Å². The summed E-state index contributed by atoms with van der Waals surface area (Å²) in [6.07, 6.45) is 3.63. The normalized spacial score (nSPS) is 15.8. The van der Waals surface area contributed by atoms with Crippen molar-refractivity contribution in [3.05, 3.63) is 53.0 Å². The maximum absolute atomic E-state index is 6.03. The van der Waals surface area contributed by atoms with E-state index in [9.17, 15) is 0 Å². The van der Waals surface area contributed by atoms with E-state index in [-0.39, 0.29) is 0 Å². The number of thiazole rings is 1. The van der Waals surface area contributed by atoms with Gasteiger partial charge in [-0.3, -0.25) is 4.90 Å². The third-order valence-corrected chi connectivity index (χ3v) is 5.15. The quantitative estimate of drug-likeness (QED) is 0.708. The Morgan fingerprint density at radius 1 is 1.17 bits per heavy atom. The zero-order chi connectivity index (χ0) is 16.4. The Hall–Kier alpha value is -1.89. The summed E-state index contributed by atoms with van der Waals surface area (Å²) in [6, 6.07) is 7.63. The lowest BCUT2D eigenvalue weighted by Gasteiger charge is -2.33. The molecule has 1 fully saturated rings. The highest BCUT2D eigenvalue weighted by Crippen LogP contribution is 2.24. The van der Waals surface area contributed by atoms with Crippen LogP contribution >= 0.6 is 22.9 Å². The number of halogens is 1. The number of anilines is 1. The van der Waals surface area contributed by atoms with Crippen LogP contribution in [0.2, 0.25) is 5.02 Å². The Bertz CT molecular complexity index is 797. The fraction of sp³-hybridized carbons (Fsp3) is 0.294. The van der Waals surface area contributed by atoms with E-state index in [2.05, 4.69) is 19.8 Å². The Kier molecular flexibility index (Phi) is 4.51. The molecule has 0 unspecified atom stereocenters. The molecule has 0 spiro atoms. The molecule has 1 aliphatic rings. The molecule has 0 saturated carbocycles. The average molecular weight is 361 g/mol. The summed E-state index contributed by atoms with van der Waals surface area (Å²) in [5.74, 6) is 1.50. The van der Waals surface area contributed by atoms with Crippen molar-refractivity contribution in [1.29, 1.82) is 0 Å². The highest BCUT2D eigenvalue weighted by Gasteiger charge is 2.20. The highest BCUT2D eigenvalue weighted by atomic mass is 35.5. The molecule has 1 aromatic carbocycles. The van der Waals surface area contributed by atoms with Crippen molar-refractivity contribution in [2.75, 3.05) is 31.1 Å². The fourth-order valence-electron chi connectivity index (χ4n) is 2.82. The van der Waals surface area contributed by atoms with Gasteiger partial charge in [0.1, 0.15) is 0 Å². The van der Waals surface area contributed by atoms with Crippen LogP contribution in [0, 0.1) is 0 Å². The number of rotatable bonds is 4. The van der Waals surface area contributed by atoms with E-state index < -0.39 is 0 Å². The van der Waals surface area contributed by atoms with Crippen molar-refractivity contribution in [3.63, 3.8) is 0 Å². The molecular weight excluding hydrogens is 344 g/mol. The van der Waals surface area contributed by atoms with Gasteiger partial charge in [-0.25, -0.2) is 9.97 Å². The summed E-state index contributed by atoms with van der Waals surface area (Å²) >= 11 is 7.73. The standard InChI is InChI=1S/C17H17ClN4OS/c18-14-3-1-2-13(10-14)15-11-20-16(23-15)12-21-5-7-22(8-6-21)17-19-4-9-24-17/h1-4,9-11H,5-8,12H2. The minimum Gasteiger partial charge on any atom is -0.439 e. The van der Waals surface area contributed by atoms with Crippen LogP contribution in [0.5, 0.6) is 0 Å². The van der Waals surface area contributed by atoms with Crippen LogP contribution in [0.15, 0.2) is 46.5 Å². The summed E-state index contributed by atoms with van der Waals surface area (Å²) in [6.45, 7) is 4.65. The van der Waals surface area contributed by atoms with E-state index in [0.717, 1.165) is 55.1 Å². The second kappa shape index (κ2) is 6.93. The van der Waals surface area contributed by atoms with Crippen LogP contribution in [0.25, 0.3) is 11.3 Å². The van der Waals surface area contributed by atoms with Gasteiger partial charge < -0.3 is 9.32 Å². The first kappa shape index (κ1) is 15.6. The first-order valence-electron chi connectivity index (χ1n) is 7.85. The van der Waals surface area contributed by atoms with E-state index in [0.29, 0.717) is 5.02 Å². The molecule has 124 valence electrons. The predicted octanol–water partition coefficient (Wildman–Crippen LogP) is 3.77. The molecule has 2 aromatic heterocycles. The van der Waals surface area contributed by atoms with E-state index >= 15 is 0 Å². The molecule has 1 saturated heterocycles. The molecule has 0 bridgehead atoms. The minimum absolute atomic E-state index is 0.698. The number of piperazine rings is 1. The summed E-state index contributed by atoms with van der Waals surface area (Å²) in [5, 5.41) is 3.82. The molecule has 24 heavy (non-hydrogen) atoms. The minimum atomic E-state index is 0.698. The van der Waals surface area contributed by atoms with Crippen LogP contribution in [0.1, 0.15) is 5.89 Å². The van der Waals surface area contributed by atoms with Gasteiger partial charge in [-0.15, -0.1) is 11.3 Å². The Balaban J connectivity index is 1.37. The van der Waals surface area contributed by atoms with E-state index in [1.807, 2.05) is 35.8 Å². The van der Waals surface area contributed by atoms with Gasteiger partial charge >= 0.3 is 0 Å². The number of benzene rings is 1. The lowest BCUT2D eigenvalue weighted by atomic mass is 10.2. The van der Waals surface area contributed by atoms with Gasteiger partial charge in [0.05, 0.1) is 12.7 Å². The van der Waals surface area contributed by atoms with Crippen molar-refractivity contribution in [3.8, 4) is 11.3 Å². The first-order chi connectivity index (χ1) is 11.8. The van der Waals surface area contributed by atoms with Crippen LogP contribution in [0.4, 0.5) is 5.13 Å². The number of aromatic nitrogens is 2. The van der Waals surface area contributed by atoms with Crippen molar-refractivity contribution < 1.29 is 4.42 Å². The number of hydrogen-bond acceptors (Lipinski definition) is 6. The Morgan fingerprint density at radius 3 is 2.79 bits per heavy atom. The SMILES string of the molecule is Clc1cccc(-c2cnc(CN3CCN(c4nccs4)CC3)o2)c1. The van der Waals surface area contributed by atoms with Gasteiger partial charge in [-0.2, -0.15) is 0 Å². The van der Waals surface area contributed by atoms with Gasteiger partial charge in [-0.1, -0.05) is 23.7 Å². The van der Waals surface area contributed by atoms with Gasteiger partial charge in [0.25, 0.3) is 0 Å². The second-order valence-corrected chi connectivity index (χ2v) is 7.02. The average Bonchev–Trinajstić information content (AvgIpc) is 3.27. The summed E-state index contributed by atoms with van der Waals surface area (Å²) in [7, 11) is 0. The number of nitrogens with zero attached hydrogens (tertiary/aromatic N) is 4. The molecule has 1 aliphatic heterocycles. The molecule has 4 rings (SSSR count). The molecule has 0 N–H and O–H groups in total. The maximum atomic E-state index is 6.03. The smallest absolute Gasteiger partial charge is 0.209 e. The van der Waals surface area contributed by atoms with Crippen LogP contribution in [0.3, 0.4) is 0 Å². The second-order valence-electron chi connectivity index (χ2n) is 5.71. The summed E-state index contributed by atoms with van der Waals surface area (Å²) < 4.78 is 5.89. The molecule has 0 aliphatic carbocycles. The molecule has 0 radical (unpaired) electrons. The lowest BCUT2D eigenvalue weighted by Crippen LogP contribution is -2.45. The molecule has 3 aromatic rings. The van der Waals surface area contributed by atoms with Crippen LogP contribution in [-0.2, 0) is 6.54 Å². The van der Waals surface area contributed by atoms with Crippen molar-refractivity contribution >= 4 is 28.1 Å². The van der Waals surface area contributed by atoms with Crippen LogP contribution in [-0.4, -0.2) is 41.0 Å². The molecule has 3 heterocycles. The number of hydrogen-bond donors (Lipinski definition) is 0. The molecular formula is C17H17ClN4OS. The zero-order valence-electron chi connectivity index (χ0n) is 13.1. The largest absolute Gasteiger partial charge is 0.439 e. The van der Waals surface area contributed by atoms with E-state index in [4.69, 9.17) is 16.0 Å². The third kappa shape index (κ3) is 3.45. The fourth-order valence-corrected chi connectivity index (χ4v) is 3.71. The maximum Gasteiger partial charge on any atom is 0.209 e. The lowest BCUT2D eigenvalue weighted by molar-refractivity contribution is 0.227. The van der Waals surface area contributed by atoms with Crippen molar-refractivity contribution in [2.24, 2.45) is 0 Å². The Labute approximate surface area is 149 Å². The summed E-state index contributed by atoms with van der Waals surface area (Å²) in [5.41, 5.74) is 0.954. The van der Waals surface area contributed by atoms with Crippen molar-refractivity contribution in [2.45, 2.75) is 6.54 Å².